The molecule has 0 radical (unpaired) electrons. The molecule has 3 aromatic rings. The fourth-order valence-electron chi connectivity index (χ4n) is 4.06. The van der Waals surface area contributed by atoms with Crippen molar-refractivity contribution in [2.45, 2.75) is 57.6 Å². The lowest BCUT2D eigenvalue weighted by Gasteiger charge is -2.33. The monoisotopic (exact) mass is 617 g/mol. The van der Waals surface area contributed by atoms with E-state index in [-0.39, 0.29) is 23.4 Å². The number of carbonyl (C=O) groups excluding carboxylic acids is 2. The molecule has 3 aromatic carbocycles. The SMILES string of the molecule is CC[C@@H](C(=O)NC(C)C)N(Cc1ccc(F)cc1)C(=O)CN(c1ccc(Br)cc1)S(=O)(=O)c1ccc(C)cc1. The Balaban J connectivity index is 2.05. The number of hydrogen-bond acceptors (Lipinski definition) is 4. The predicted octanol–water partition coefficient (Wildman–Crippen LogP) is 5.42. The summed E-state index contributed by atoms with van der Waals surface area (Å²) in [5.74, 6) is -1.34. The maximum Gasteiger partial charge on any atom is 0.264 e. The Kier molecular flexibility index (Phi) is 10.3. The molecule has 0 aromatic heterocycles. The number of sulfonamides is 1. The van der Waals surface area contributed by atoms with Gasteiger partial charge >= 0.3 is 0 Å². The number of nitrogens with one attached hydrogen (secondary N) is 1. The van der Waals surface area contributed by atoms with Crippen molar-refractivity contribution in [2.75, 3.05) is 10.8 Å². The molecule has 0 unspecified atom stereocenters. The molecule has 0 aliphatic carbocycles. The van der Waals surface area contributed by atoms with Crippen LogP contribution < -0.4 is 9.62 Å². The third-order valence-corrected chi connectivity index (χ3v) is 8.40. The standard InChI is InChI=1S/C29H33BrFN3O4S/c1-5-27(29(36)32-20(2)3)33(18-22-8-12-24(31)13-9-22)28(35)19-34(25-14-10-23(30)11-15-25)39(37,38)26-16-6-21(4)7-17-26/h6-17,20,27H,5,18-19H2,1-4H3,(H,32,36)/t27-/m0/s1. The zero-order valence-corrected chi connectivity index (χ0v) is 24.8. The molecule has 0 aliphatic heterocycles. The molecule has 1 atom stereocenters. The third kappa shape index (κ3) is 7.89. The quantitative estimate of drug-likeness (QED) is 0.311. The lowest BCUT2D eigenvalue weighted by molar-refractivity contribution is -0.140. The van der Waals surface area contributed by atoms with Crippen molar-refractivity contribution in [3.63, 3.8) is 0 Å². The van der Waals surface area contributed by atoms with E-state index in [9.17, 15) is 22.4 Å². The summed E-state index contributed by atoms with van der Waals surface area (Å²) in [5.41, 5.74) is 1.80. The van der Waals surface area contributed by atoms with Gasteiger partial charge in [0, 0.05) is 17.1 Å². The Morgan fingerprint density at radius 3 is 2.08 bits per heavy atom. The van der Waals surface area contributed by atoms with Crippen molar-refractivity contribution in [3.8, 4) is 0 Å². The van der Waals surface area contributed by atoms with Crippen molar-refractivity contribution < 1.29 is 22.4 Å². The summed E-state index contributed by atoms with van der Waals surface area (Å²) < 4.78 is 43.0. The van der Waals surface area contributed by atoms with Crippen LogP contribution in [0.3, 0.4) is 0 Å². The summed E-state index contributed by atoms with van der Waals surface area (Å²) in [6.07, 6.45) is 0.300. The summed E-state index contributed by atoms with van der Waals surface area (Å²) >= 11 is 3.36. The van der Waals surface area contributed by atoms with E-state index in [2.05, 4.69) is 21.2 Å². The molecule has 0 bridgehead atoms. The van der Waals surface area contributed by atoms with Crippen LogP contribution in [0, 0.1) is 12.7 Å². The lowest BCUT2D eigenvalue weighted by Crippen LogP contribution is -2.53. The average molecular weight is 619 g/mol. The van der Waals surface area contributed by atoms with E-state index in [0.29, 0.717) is 17.7 Å². The highest BCUT2D eigenvalue weighted by Gasteiger charge is 2.33. The van der Waals surface area contributed by atoms with Gasteiger partial charge in [0.05, 0.1) is 10.6 Å². The Bertz CT molecular complexity index is 1380. The van der Waals surface area contributed by atoms with Gasteiger partial charge in [0.25, 0.3) is 10.0 Å². The van der Waals surface area contributed by atoms with Crippen LogP contribution in [-0.2, 0) is 26.2 Å². The van der Waals surface area contributed by atoms with E-state index in [1.54, 1.807) is 43.3 Å². The molecule has 10 heteroatoms. The van der Waals surface area contributed by atoms with Crippen molar-refractivity contribution >= 4 is 43.5 Å². The Labute approximate surface area is 238 Å². The number of hydrogen-bond donors (Lipinski definition) is 1. The topological polar surface area (TPSA) is 86.8 Å². The predicted molar refractivity (Wildman–Crippen MR) is 154 cm³/mol. The fraction of sp³-hybridized carbons (Fsp3) is 0.310. The van der Waals surface area contributed by atoms with Gasteiger partial charge in [0.2, 0.25) is 11.8 Å². The van der Waals surface area contributed by atoms with Crippen LogP contribution >= 0.6 is 15.9 Å². The van der Waals surface area contributed by atoms with Crippen molar-refractivity contribution in [3.05, 3.63) is 94.2 Å². The van der Waals surface area contributed by atoms with Crippen molar-refractivity contribution in [2.24, 2.45) is 0 Å². The van der Waals surface area contributed by atoms with E-state index >= 15 is 0 Å². The highest BCUT2D eigenvalue weighted by Crippen LogP contribution is 2.26. The highest BCUT2D eigenvalue weighted by molar-refractivity contribution is 9.10. The number of anilines is 1. The number of benzene rings is 3. The normalized spacial score (nSPS) is 12.2. The van der Waals surface area contributed by atoms with Crippen LogP contribution in [-0.4, -0.2) is 43.8 Å². The number of nitrogens with zero attached hydrogens (tertiary/aromatic N) is 2. The molecule has 3 rings (SSSR count). The first-order chi connectivity index (χ1) is 18.4. The molecular formula is C29H33BrFN3O4S. The van der Waals surface area contributed by atoms with Gasteiger partial charge in [-0.2, -0.15) is 0 Å². The first kappa shape index (κ1) is 30.3. The van der Waals surface area contributed by atoms with Gasteiger partial charge in [-0.1, -0.05) is 52.7 Å². The largest absolute Gasteiger partial charge is 0.352 e. The van der Waals surface area contributed by atoms with Gasteiger partial charge in [-0.25, -0.2) is 12.8 Å². The Morgan fingerprint density at radius 2 is 1.54 bits per heavy atom. The summed E-state index contributed by atoms with van der Waals surface area (Å²) in [4.78, 5) is 28.5. The summed E-state index contributed by atoms with van der Waals surface area (Å²) in [6.45, 7) is 6.74. The molecule has 7 nitrogen and oxygen atoms in total. The van der Waals surface area contributed by atoms with Gasteiger partial charge in [-0.3, -0.25) is 13.9 Å². The first-order valence-corrected chi connectivity index (χ1v) is 14.8. The maximum absolute atomic E-state index is 13.9. The average Bonchev–Trinajstić information content (AvgIpc) is 2.88. The zero-order valence-electron chi connectivity index (χ0n) is 22.4. The van der Waals surface area contributed by atoms with Crippen molar-refractivity contribution in [1.82, 2.24) is 10.2 Å². The van der Waals surface area contributed by atoms with E-state index in [4.69, 9.17) is 0 Å². The van der Waals surface area contributed by atoms with Gasteiger partial charge in [0.1, 0.15) is 18.4 Å². The molecule has 0 saturated carbocycles. The second kappa shape index (κ2) is 13.2. The Hall–Kier alpha value is -3.24. The smallest absolute Gasteiger partial charge is 0.264 e. The highest BCUT2D eigenvalue weighted by atomic mass is 79.9. The Morgan fingerprint density at radius 1 is 0.949 bits per heavy atom. The minimum absolute atomic E-state index is 0.00188. The molecule has 0 saturated heterocycles. The molecule has 0 aliphatic rings. The minimum Gasteiger partial charge on any atom is -0.352 e. The molecular weight excluding hydrogens is 585 g/mol. The van der Waals surface area contributed by atoms with Crippen LogP contribution in [0.4, 0.5) is 10.1 Å². The van der Waals surface area contributed by atoms with Gasteiger partial charge in [0.15, 0.2) is 0 Å². The number of carbonyl (C=O) groups is 2. The molecule has 39 heavy (non-hydrogen) atoms. The maximum atomic E-state index is 13.9. The third-order valence-electron chi connectivity index (χ3n) is 6.09. The van der Waals surface area contributed by atoms with E-state index in [1.807, 2.05) is 20.8 Å². The number of amides is 2. The van der Waals surface area contributed by atoms with Gasteiger partial charge in [-0.05, 0) is 81.3 Å². The molecule has 0 spiro atoms. The van der Waals surface area contributed by atoms with E-state index < -0.39 is 34.3 Å². The van der Waals surface area contributed by atoms with Crippen LogP contribution in [0.15, 0.2) is 82.2 Å². The molecule has 2 amide bonds. The lowest BCUT2D eigenvalue weighted by atomic mass is 10.1. The fourth-order valence-corrected chi connectivity index (χ4v) is 5.74. The van der Waals surface area contributed by atoms with E-state index in [0.717, 1.165) is 14.3 Å². The first-order valence-electron chi connectivity index (χ1n) is 12.6. The summed E-state index contributed by atoms with van der Waals surface area (Å²) in [5, 5.41) is 2.85. The second-order valence-corrected chi connectivity index (χ2v) is 12.3. The summed E-state index contributed by atoms with van der Waals surface area (Å²) in [6, 6.07) is 17.6. The summed E-state index contributed by atoms with van der Waals surface area (Å²) in [7, 11) is -4.14. The molecule has 0 fully saturated rings. The van der Waals surface area contributed by atoms with Gasteiger partial charge in [-0.15, -0.1) is 0 Å². The zero-order chi connectivity index (χ0) is 28.7. The van der Waals surface area contributed by atoms with Gasteiger partial charge < -0.3 is 10.2 Å². The van der Waals surface area contributed by atoms with Crippen LogP contribution in [0.2, 0.25) is 0 Å². The number of aryl methyl sites for hydroxylation is 1. The molecule has 208 valence electrons. The number of halogens is 2. The van der Waals surface area contributed by atoms with Crippen LogP contribution in [0.25, 0.3) is 0 Å². The minimum atomic E-state index is -4.14. The van der Waals surface area contributed by atoms with E-state index in [1.165, 1.54) is 41.3 Å². The van der Waals surface area contributed by atoms with Crippen molar-refractivity contribution in [1.29, 1.82) is 0 Å². The van der Waals surface area contributed by atoms with Crippen LogP contribution in [0.5, 0.6) is 0 Å². The second-order valence-electron chi connectivity index (χ2n) is 9.54. The van der Waals surface area contributed by atoms with Crippen LogP contribution in [0.1, 0.15) is 38.3 Å². The molecule has 0 heterocycles. The molecule has 1 N–H and O–H groups in total. The number of rotatable bonds is 11.